The molecule has 0 N–H and O–H groups in total. The zero-order valence-corrected chi connectivity index (χ0v) is 11.5. The third-order valence-electron chi connectivity index (χ3n) is 3.39. The molecule has 2 rings (SSSR count). The summed E-state index contributed by atoms with van der Waals surface area (Å²) in [6.45, 7) is 0.562. The topological polar surface area (TPSA) is 43.9 Å². The van der Waals surface area contributed by atoms with E-state index in [4.69, 9.17) is 0 Å². The third kappa shape index (κ3) is 2.76. The van der Waals surface area contributed by atoms with Gasteiger partial charge in [0.2, 0.25) is 5.91 Å². The van der Waals surface area contributed by atoms with Crippen LogP contribution >= 0.6 is 0 Å². The molecule has 1 saturated heterocycles. The van der Waals surface area contributed by atoms with Crippen LogP contribution in [0.4, 0.5) is 4.79 Å². The number of carbonyl (C=O) groups is 2. The average Bonchev–Trinajstić information content (AvgIpc) is 2.62. The summed E-state index contributed by atoms with van der Waals surface area (Å²) in [5.74, 6) is -0.129. The highest BCUT2D eigenvalue weighted by Crippen LogP contribution is 2.21. The monoisotopic (exact) mass is 261 g/mol. The van der Waals surface area contributed by atoms with Crippen LogP contribution in [0.2, 0.25) is 0 Å². The highest BCUT2D eigenvalue weighted by molar-refractivity contribution is 6.01. The maximum absolute atomic E-state index is 11.9. The van der Waals surface area contributed by atoms with Gasteiger partial charge in [0.1, 0.15) is 6.54 Å². The molecule has 1 atom stereocenters. The van der Waals surface area contributed by atoms with Crippen LogP contribution in [0.25, 0.3) is 0 Å². The molecule has 1 aliphatic heterocycles. The molecule has 0 unspecified atom stereocenters. The predicted octanol–water partition coefficient (Wildman–Crippen LogP) is 1.18. The van der Waals surface area contributed by atoms with E-state index in [0.29, 0.717) is 6.54 Å². The van der Waals surface area contributed by atoms with Gasteiger partial charge >= 0.3 is 6.03 Å². The minimum absolute atomic E-state index is 0.0144. The largest absolute Gasteiger partial charge is 0.327 e. The molecule has 1 aromatic rings. The van der Waals surface area contributed by atoms with E-state index in [1.54, 1.807) is 7.05 Å². The van der Waals surface area contributed by atoms with Crippen molar-refractivity contribution < 1.29 is 9.59 Å². The molecule has 0 bridgehead atoms. The molecule has 5 nitrogen and oxygen atoms in total. The number of likely N-dealkylation sites (N-methyl/N-ethyl adjacent to an activating group) is 2. The molecule has 0 radical (unpaired) electrons. The first-order valence-electron chi connectivity index (χ1n) is 6.27. The lowest BCUT2D eigenvalue weighted by Crippen LogP contribution is -2.39. The van der Waals surface area contributed by atoms with E-state index in [-0.39, 0.29) is 24.5 Å². The van der Waals surface area contributed by atoms with E-state index in [1.165, 1.54) is 9.80 Å². The van der Waals surface area contributed by atoms with Crippen LogP contribution in [0.3, 0.4) is 0 Å². The molecule has 1 aromatic carbocycles. The van der Waals surface area contributed by atoms with E-state index < -0.39 is 0 Å². The maximum Gasteiger partial charge on any atom is 0.327 e. The van der Waals surface area contributed by atoms with Crippen molar-refractivity contribution in [2.45, 2.75) is 6.04 Å². The van der Waals surface area contributed by atoms with Crippen molar-refractivity contribution in [3.05, 3.63) is 35.9 Å². The summed E-state index contributed by atoms with van der Waals surface area (Å²) in [5.41, 5.74) is 1.10. The van der Waals surface area contributed by atoms with Crippen LogP contribution in [0, 0.1) is 0 Å². The van der Waals surface area contributed by atoms with E-state index in [1.807, 2.05) is 49.3 Å². The standard InChI is InChI=1S/C14H19N3O2/c1-15(2)12(11-7-5-4-6-8-11)9-17-13(18)10-16(3)14(17)19/h4-8,12H,9-10H2,1-3H3/t12-/m0/s1. The van der Waals surface area contributed by atoms with Gasteiger partial charge in [-0.05, 0) is 19.7 Å². The first-order chi connectivity index (χ1) is 9.00. The number of carbonyl (C=O) groups excluding carboxylic acids is 2. The van der Waals surface area contributed by atoms with Crippen molar-refractivity contribution >= 4 is 11.9 Å². The Morgan fingerprint density at radius 2 is 1.84 bits per heavy atom. The Labute approximate surface area is 113 Å². The summed E-state index contributed by atoms with van der Waals surface area (Å²) in [4.78, 5) is 28.5. The summed E-state index contributed by atoms with van der Waals surface area (Å²) in [6, 6.07) is 9.71. The minimum atomic E-state index is -0.215. The van der Waals surface area contributed by atoms with Crippen LogP contribution < -0.4 is 0 Å². The van der Waals surface area contributed by atoms with Gasteiger partial charge in [0.15, 0.2) is 0 Å². The van der Waals surface area contributed by atoms with Crippen molar-refractivity contribution in [3.8, 4) is 0 Å². The highest BCUT2D eigenvalue weighted by atomic mass is 16.2. The van der Waals surface area contributed by atoms with E-state index in [0.717, 1.165) is 5.56 Å². The molecule has 0 aliphatic carbocycles. The average molecular weight is 261 g/mol. The second-order valence-corrected chi connectivity index (χ2v) is 5.03. The zero-order chi connectivity index (χ0) is 14.0. The van der Waals surface area contributed by atoms with Crippen LogP contribution in [-0.2, 0) is 4.79 Å². The van der Waals surface area contributed by atoms with Gasteiger partial charge in [-0.25, -0.2) is 4.79 Å². The highest BCUT2D eigenvalue weighted by Gasteiger charge is 2.35. The first-order valence-corrected chi connectivity index (χ1v) is 6.27. The van der Waals surface area contributed by atoms with E-state index in [9.17, 15) is 9.59 Å². The van der Waals surface area contributed by atoms with Crippen LogP contribution in [0.5, 0.6) is 0 Å². The molecule has 1 aliphatic rings. The predicted molar refractivity (Wildman–Crippen MR) is 72.6 cm³/mol. The smallest absolute Gasteiger partial charge is 0.318 e. The molecule has 1 heterocycles. The van der Waals surface area contributed by atoms with Crippen molar-refractivity contribution in [1.82, 2.24) is 14.7 Å². The molecule has 19 heavy (non-hydrogen) atoms. The van der Waals surface area contributed by atoms with Crippen molar-refractivity contribution in [2.24, 2.45) is 0 Å². The first kappa shape index (κ1) is 13.5. The lowest BCUT2D eigenvalue weighted by atomic mass is 10.1. The summed E-state index contributed by atoms with van der Waals surface area (Å²) in [6.07, 6.45) is 0. The van der Waals surface area contributed by atoms with Crippen LogP contribution in [-0.4, -0.2) is 60.9 Å². The molecule has 1 fully saturated rings. The Kier molecular flexibility index (Phi) is 3.85. The Morgan fingerprint density at radius 3 is 2.32 bits per heavy atom. The fraction of sp³-hybridized carbons (Fsp3) is 0.429. The van der Waals surface area contributed by atoms with Gasteiger partial charge in [0, 0.05) is 7.05 Å². The second-order valence-electron chi connectivity index (χ2n) is 5.03. The SMILES string of the molecule is CN1CC(=O)N(C[C@@H](c2ccccc2)N(C)C)C1=O. The zero-order valence-electron chi connectivity index (χ0n) is 11.5. The van der Waals surface area contributed by atoms with E-state index in [2.05, 4.69) is 0 Å². The maximum atomic E-state index is 11.9. The van der Waals surface area contributed by atoms with Crippen LogP contribution in [0.1, 0.15) is 11.6 Å². The fourth-order valence-corrected chi connectivity index (χ4v) is 2.26. The molecule has 0 spiro atoms. The minimum Gasteiger partial charge on any atom is -0.318 e. The second kappa shape index (κ2) is 5.40. The number of amides is 3. The van der Waals surface area contributed by atoms with Gasteiger partial charge in [-0.3, -0.25) is 9.69 Å². The molecule has 0 saturated carbocycles. The number of hydrogen-bond donors (Lipinski definition) is 0. The number of imide groups is 1. The molecule has 102 valence electrons. The molecule has 5 heteroatoms. The molecular formula is C14H19N3O2. The lowest BCUT2D eigenvalue weighted by molar-refractivity contribution is -0.125. The fourth-order valence-electron chi connectivity index (χ4n) is 2.26. The molecule has 3 amide bonds. The van der Waals surface area contributed by atoms with Gasteiger partial charge < -0.3 is 9.80 Å². The summed E-state index contributed by atoms with van der Waals surface area (Å²) in [7, 11) is 5.55. The third-order valence-corrected chi connectivity index (χ3v) is 3.39. The van der Waals surface area contributed by atoms with Gasteiger partial charge in [-0.15, -0.1) is 0 Å². The van der Waals surface area contributed by atoms with Crippen molar-refractivity contribution in [3.63, 3.8) is 0 Å². The van der Waals surface area contributed by atoms with Crippen LogP contribution in [0.15, 0.2) is 30.3 Å². The van der Waals surface area contributed by atoms with Gasteiger partial charge in [-0.1, -0.05) is 30.3 Å². The Balaban J connectivity index is 2.19. The van der Waals surface area contributed by atoms with Gasteiger partial charge in [-0.2, -0.15) is 0 Å². The Morgan fingerprint density at radius 1 is 1.21 bits per heavy atom. The normalized spacial score (nSPS) is 17.5. The van der Waals surface area contributed by atoms with Crippen molar-refractivity contribution in [2.75, 3.05) is 34.2 Å². The Hall–Kier alpha value is -1.88. The number of urea groups is 1. The van der Waals surface area contributed by atoms with Gasteiger partial charge in [0.05, 0.1) is 12.6 Å². The van der Waals surface area contributed by atoms with Crippen molar-refractivity contribution in [1.29, 1.82) is 0 Å². The Bertz CT molecular complexity index is 473. The number of benzene rings is 1. The lowest BCUT2D eigenvalue weighted by Gasteiger charge is -2.28. The summed E-state index contributed by atoms with van der Waals surface area (Å²) >= 11 is 0. The molecule has 0 aromatic heterocycles. The van der Waals surface area contributed by atoms with E-state index >= 15 is 0 Å². The number of hydrogen-bond acceptors (Lipinski definition) is 3. The van der Waals surface area contributed by atoms with Gasteiger partial charge in [0.25, 0.3) is 0 Å². The molecular weight excluding hydrogens is 242 g/mol. The summed E-state index contributed by atoms with van der Waals surface area (Å²) < 4.78 is 0. The number of nitrogens with zero attached hydrogens (tertiary/aromatic N) is 3. The quantitative estimate of drug-likeness (QED) is 0.765. The number of rotatable bonds is 4. The summed E-state index contributed by atoms with van der Waals surface area (Å²) in [5, 5.41) is 0.